The van der Waals surface area contributed by atoms with Crippen molar-refractivity contribution in [3.8, 4) is 0 Å². The third kappa shape index (κ3) is 2.98. The molecular weight excluding hydrogens is 365 g/mol. The number of nitrogens with zero attached hydrogens (tertiary/aromatic N) is 2. The smallest absolute Gasteiger partial charge is 0.258 e. The van der Waals surface area contributed by atoms with E-state index in [0.29, 0.717) is 24.1 Å². The largest absolute Gasteiger partial charge is 0.313 e. The number of rotatable bonds is 3. The van der Waals surface area contributed by atoms with E-state index in [1.807, 2.05) is 18.4 Å². The summed E-state index contributed by atoms with van der Waals surface area (Å²) in [4.78, 5) is 28.9. The van der Waals surface area contributed by atoms with Crippen LogP contribution >= 0.6 is 11.3 Å². The van der Waals surface area contributed by atoms with Crippen LogP contribution < -0.4 is 5.56 Å². The number of halogens is 1. The molecule has 2 aromatic heterocycles. The van der Waals surface area contributed by atoms with Gasteiger partial charge in [0, 0.05) is 18.2 Å². The zero-order valence-electron chi connectivity index (χ0n) is 15.0. The monoisotopic (exact) mass is 383 g/mol. The second-order valence-electron chi connectivity index (χ2n) is 6.53. The van der Waals surface area contributed by atoms with Crippen LogP contribution in [0.3, 0.4) is 0 Å². The molecule has 0 saturated heterocycles. The van der Waals surface area contributed by atoms with Crippen LogP contribution in [0.4, 0.5) is 4.39 Å². The molecule has 0 aliphatic carbocycles. The number of nitrogens with one attached hydrogen (secondary N) is 1. The van der Waals surface area contributed by atoms with E-state index in [0.717, 1.165) is 21.3 Å². The van der Waals surface area contributed by atoms with E-state index >= 15 is 0 Å². The predicted octanol–water partition coefficient (Wildman–Crippen LogP) is 4.12. The Hall–Kier alpha value is -2.80. The normalized spacial score (nSPS) is 16.8. The highest BCUT2D eigenvalue weighted by Crippen LogP contribution is 2.34. The van der Waals surface area contributed by atoms with Gasteiger partial charge in [0.2, 0.25) is 5.91 Å². The molecule has 1 unspecified atom stereocenters. The molecule has 0 spiro atoms. The first-order valence-electron chi connectivity index (χ1n) is 8.75. The summed E-state index contributed by atoms with van der Waals surface area (Å²) in [6.07, 6.45) is 0.713. The zero-order valence-corrected chi connectivity index (χ0v) is 15.8. The quantitative estimate of drug-likeness (QED) is 0.739. The molecule has 0 radical (unpaired) electrons. The molecule has 0 fully saturated rings. The van der Waals surface area contributed by atoms with E-state index in [1.165, 1.54) is 28.5 Å². The van der Waals surface area contributed by atoms with Gasteiger partial charge in [-0.2, -0.15) is 5.10 Å². The highest BCUT2D eigenvalue weighted by atomic mass is 32.1. The van der Waals surface area contributed by atoms with Gasteiger partial charge in [0.15, 0.2) is 0 Å². The average molecular weight is 383 g/mol. The van der Waals surface area contributed by atoms with Gasteiger partial charge >= 0.3 is 0 Å². The Morgan fingerprint density at radius 1 is 1.33 bits per heavy atom. The van der Waals surface area contributed by atoms with Crippen LogP contribution in [0, 0.1) is 12.7 Å². The van der Waals surface area contributed by atoms with Gasteiger partial charge in [0.1, 0.15) is 10.6 Å². The average Bonchev–Trinajstić information content (AvgIpc) is 3.29. The van der Waals surface area contributed by atoms with Gasteiger partial charge in [-0.05, 0) is 41.6 Å². The van der Waals surface area contributed by atoms with Gasteiger partial charge in [0.25, 0.3) is 5.56 Å². The van der Waals surface area contributed by atoms with E-state index in [2.05, 4.69) is 10.1 Å². The van der Waals surface area contributed by atoms with Crippen molar-refractivity contribution in [3.63, 3.8) is 0 Å². The summed E-state index contributed by atoms with van der Waals surface area (Å²) in [6.45, 7) is 3.67. The molecule has 1 N–H and O–H groups in total. The van der Waals surface area contributed by atoms with Crippen molar-refractivity contribution < 1.29 is 9.18 Å². The number of hydrogen-bond donors (Lipinski definition) is 1. The van der Waals surface area contributed by atoms with Crippen LogP contribution in [0.25, 0.3) is 10.2 Å². The third-order valence-electron chi connectivity index (χ3n) is 4.91. The topological polar surface area (TPSA) is 65.5 Å². The lowest BCUT2D eigenvalue weighted by molar-refractivity contribution is -0.132. The molecule has 0 bridgehead atoms. The number of pyridine rings is 1. The number of benzene rings is 1. The Balaban J connectivity index is 1.81. The first kappa shape index (κ1) is 17.6. The molecule has 1 aliphatic heterocycles. The van der Waals surface area contributed by atoms with Crippen molar-refractivity contribution in [1.82, 2.24) is 9.99 Å². The lowest BCUT2D eigenvalue weighted by Crippen LogP contribution is -2.26. The number of H-pyrrole nitrogens is 1. The molecule has 1 aromatic carbocycles. The number of aryl methyl sites for hydroxylation is 1. The second-order valence-corrected chi connectivity index (χ2v) is 7.44. The van der Waals surface area contributed by atoms with Crippen molar-refractivity contribution in [1.29, 1.82) is 0 Å². The lowest BCUT2D eigenvalue weighted by Gasteiger charge is -2.21. The summed E-state index contributed by atoms with van der Waals surface area (Å²) in [6, 6.07) is 7.69. The minimum atomic E-state index is -0.343. The third-order valence-corrected chi connectivity index (χ3v) is 5.74. The summed E-state index contributed by atoms with van der Waals surface area (Å²) >= 11 is 1.48. The number of carbonyl (C=O) groups excluding carboxylic acids is 1. The highest BCUT2D eigenvalue weighted by molar-refractivity contribution is 7.16. The van der Waals surface area contributed by atoms with E-state index in [9.17, 15) is 14.0 Å². The fourth-order valence-electron chi connectivity index (χ4n) is 3.52. The number of carbonyl (C=O) groups is 1. The molecule has 7 heteroatoms. The molecule has 1 atom stereocenters. The minimum Gasteiger partial charge on any atom is -0.313 e. The SMILES string of the molecule is CCC(=O)N1N=C(c2c(C)c3ccsc3[nH]c2=O)CC1c1ccc(F)cc1. The minimum absolute atomic E-state index is 0.134. The van der Waals surface area contributed by atoms with E-state index < -0.39 is 0 Å². The van der Waals surface area contributed by atoms with E-state index in [1.54, 1.807) is 19.1 Å². The number of thiophene rings is 1. The van der Waals surface area contributed by atoms with Crippen molar-refractivity contribution in [2.75, 3.05) is 0 Å². The maximum atomic E-state index is 13.3. The molecule has 4 rings (SSSR count). The molecule has 0 saturated carbocycles. The van der Waals surface area contributed by atoms with E-state index in [-0.39, 0.29) is 23.3 Å². The first-order chi connectivity index (χ1) is 13.0. The van der Waals surface area contributed by atoms with Gasteiger partial charge < -0.3 is 4.98 Å². The number of aromatic amines is 1. The van der Waals surface area contributed by atoms with Crippen molar-refractivity contribution >= 4 is 33.2 Å². The number of aromatic nitrogens is 1. The van der Waals surface area contributed by atoms with Gasteiger partial charge in [-0.1, -0.05) is 19.1 Å². The zero-order chi connectivity index (χ0) is 19.1. The number of fused-ring (bicyclic) bond motifs is 1. The number of amides is 1. The van der Waals surface area contributed by atoms with Gasteiger partial charge in [-0.15, -0.1) is 11.3 Å². The first-order valence-corrected chi connectivity index (χ1v) is 9.63. The number of hydrazone groups is 1. The standard InChI is InChI=1S/C20H18FN3O2S/c1-3-17(25)24-16(12-4-6-13(21)7-5-12)10-15(23-24)18-11(2)14-8-9-27-20(14)22-19(18)26/h4-9,16H,3,10H2,1-2H3,(H,22,26). The summed E-state index contributed by atoms with van der Waals surface area (Å²) < 4.78 is 13.3. The molecular formula is C20H18FN3O2S. The summed E-state index contributed by atoms with van der Waals surface area (Å²) in [5.41, 5.74) is 2.54. The summed E-state index contributed by atoms with van der Waals surface area (Å²) in [5, 5.41) is 8.86. The Bertz CT molecular complexity index is 1110. The fraction of sp³-hybridized carbons (Fsp3) is 0.250. The van der Waals surface area contributed by atoms with Crippen LogP contribution in [0.5, 0.6) is 0 Å². The molecule has 27 heavy (non-hydrogen) atoms. The van der Waals surface area contributed by atoms with Crippen LogP contribution in [-0.2, 0) is 4.79 Å². The number of hydrogen-bond acceptors (Lipinski definition) is 4. The summed E-state index contributed by atoms with van der Waals surface area (Å²) in [5.74, 6) is -0.466. The molecule has 138 valence electrons. The van der Waals surface area contributed by atoms with Crippen LogP contribution in [0.1, 0.15) is 42.5 Å². The van der Waals surface area contributed by atoms with Gasteiger partial charge in [-0.3, -0.25) is 9.59 Å². The molecule has 1 amide bonds. The molecule has 5 nitrogen and oxygen atoms in total. The van der Waals surface area contributed by atoms with Crippen molar-refractivity contribution in [2.24, 2.45) is 5.10 Å². The Labute approximate surface area is 159 Å². The van der Waals surface area contributed by atoms with Crippen LogP contribution in [0.2, 0.25) is 0 Å². The van der Waals surface area contributed by atoms with E-state index in [4.69, 9.17) is 0 Å². The van der Waals surface area contributed by atoms with Crippen molar-refractivity contribution in [2.45, 2.75) is 32.7 Å². The van der Waals surface area contributed by atoms with Gasteiger partial charge in [-0.25, -0.2) is 9.40 Å². The second kappa shape index (κ2) is 6.74. The Kier molecular flexibility index (Phi) is 4.39. The highest BCUT2D eigenvalue weighted by Gasteiger charge is 2.34. The fourth-order valence-corrected chi connectivity index (χ4v) is 4.36. The maximum absolute atomic E-state index is 13.3. The maximum Gasteiger partial charge on any atom is 0.258 e. The summed E-state index contributed by atoms with van der Waals surface area (Å²) in [7, 11) is 0. The molecule has 3 aromatic rings. The molecule has 3 heterocycles. The van der Waals surface area contributed by atoms with Crippen LogP contribution in [0.15, 0.2) is 45.6 Å². The van der Waals surface area contributed by atoms with Crippen molar-refractivity contribution in [3.05, 3.63) is 68.6 Å². The predicted molar refractivity (Wildman–Crippen MR) is 105 cm³/mol. The Morgan fingerprint density at radius 3 is 2.78 bits per heavy atom. The molecule has 1 aliphatic rings. The van der Waals surface area contributed by atoms with Crippen LogP contribution in [-0.4, -0.2) is 21.6 Å². The lowest BCUT2D eigenvalue weighted by atomic mass is 9.96. The Morgan fingerprint density at radius 2 is 2.07 bits per heavy atom. The van der Waals surface area contributed by atoms with Gasteiger partial charge in [0.05, 0.1) is 17.3 Å².